The molecule has 52 heavy (non-hydrogen) atoms. The predicted octanol–water partition coefficient (Wildman–Crippen LogP) is 8.32. The van der Waals surface area contributed by atoms with Crippen LogP contribution in [0.3, 0.4) is 0 Å². The molecule has 0 saturated heterocycles. The minimum atomic E-state index is -1.31. The molecule has 0 aliphatic rings. The van der Waals surface area contributed by atoms with Crippen LogP contribution in [0.25, 0.3) is 0 Å². The molecular formula is C36H50N4O12. The molecule has 8 N–H and O–H groups in total. The number of carboxylic acid groups (broad SMARTS) is 2. The lowest BCUT2D eigenvalue weighted by molar-refractivity contribution is -0.386. The van der Waals surface area contributed by atoms with Crippen molar-refractivity contribution in [2.45, 2.75) is 104 Å². The van der Waals surface area contributed by atoms with E-state index in [2.05, 4.69) is 13.8 Å². The van der Waals surface area contributed by atoms with Gasteiger partial charge in [-0.2, -0.15) is 0 Å². The SMILES string of the molecule is CCCCCC[C@@H](C)Oc1cc(N)c(C(=O)O)cc1[N+](=O)[O-].CCCCCC[C@@H](C)Oc1cc(N)c(C(=O)O)cc1[N+](=O)[O-].Oc1ccc(O)cc1. The van der Waals surface area contributed by atoms with E-state index in [1.165, 1.54) is 36.4 Å². The van der Waals surface area contributed by atoms with Crippen molar-refractivity contribution in [2.24, 2.45) is 0 Å². The van der Waals surface area contributed by atoms with Crippen molar-refractivity contribution in [3.63, 3.8) is 0 Å². The van der Waals surface area contributed by atoms with Crippen molar-refractivity contribution in [1.29, 1.82) is 0 Å². The first-order valence-electron chi connectivity index (χ1n) is 17.0. The van der Waals surface area contributed by atoms with E-state index in [1.807, 2.05) is 13.8 Å². The summed E-state index contributed by atoms with van der Waals surface area (Å²) in [6, 6.07) is 10.0. The summed E-state index contributed by atoms with van der Waals surface area (Å²) in [5.41, 5.74) is 9.79. The second-order valence-electron chi connectivity index (χ2n) is 12.0. The van der Waals surface area contributed by atoms with E-state index in [0.29, 0.717) is 0 Å². The third kappa shape index (κ3) is 15.8. The lowest BCUT2D eigenvalue weighted by Gasteiger charge is -2.15. The molecule has 0 radical (unpaired) electrons. The van der Waals surface area contributed by atoms with Crippen LogP contribution in [0.15, 0.2) is 48.5 Å². The Morgan fingerprint density at radius 2 is 0.981 bits per heavy atom. The molecule has 16 heteroatoms. The van der Waals surface area contributed by atoms with Crippen LogP contribution in [-0.2, 0) is 0 Å². The number of anilines is 2. The number of nitrogens with two attached hydrogens (primary N) is 2. The second kappa shape index (κ2) is 22.8. The van der Waals surface area contributed by atoms with Crippen molar-refractivity contribution in [1.82, 2.24) is 0 Å². The number of nitro groups is 2. The van der Waals surface area contributed by atoms with Crippen LogP contribution in [-0.4, -0.2) is 54.4 Å². The van der Waals surface area contributed by atoms with E-state index < -0.39 is 21.8 Å². The normalized spacial score (nSPS) is 11.5. The number of unbranched alkanes of at least 4 members (excludes halogenated alkanes) is 6. The first-order valence-corrected chi connectivity index (χ1v) is 17.0. The van der Waals surface area contributed by atoms with E-state index in [4.69, 9.17) is 41.4 Å². The summed E-state index contributed by atoms with van der Waals surface area (Å²) in [7, 11) is 0. The van der Waals surface area contributed by atoms with Gasteiger partial charge in [-0.05, 0) is 63.8 Å². The molecule has 3 aromatic carbocycles. The maximum absolute atomic E-state index is 11.1. The van der Waals surface area contributed by atoms with Crippen LogP contribution in [0.2, 0.25) is 0 Å². The van der Waals surface area contributed by atoms with Crippen LogP contribution in [0, 0.1) is 20.2 Å². The zero-order chi connectivity index (χ0) is 39.4. The predicted molar refractivity (Wildman–Crippen MR) is 196 cm³/mol. The monoisotopic (exact) mass is 730 g/mol. The molecule has 0 aromatic heterocycles. The number of phenolic OH excluding ortho intramolecular Hbond substituents is 2. The Balaban J connectivity index is 0.000000429. The van der Waals surface area contributed by atoms with Gasteiger partial charge in [-0.15, -0.1) is 0 Å². The van der Waals surface area contributed by atoms with Gasteiger partial charge in [-0.3, -0.25) is 20.2 Å². The summed E-state index contributed by atoms with van der Waals surface area (Å²) < 4.78 is 11.2. The summed E-state index contributed by atoms with van der Waals surface area (Å²) in [5, 5.41) is 57.4. The van der Waals surface area contributed by atoms with Gasteiger partial charge in [-0.25, -0.2) is 9.59 Å². The van der Waals surface area contributed by atoms with Gasteiger partial charge in [0.05, 0.1) is 44.6 Å². The molecular weight excluding hydrogens is 680 g/mol. The molecule has 3 aromatic rings. The lowest BCUT2D eigenvalue weighted by atomic mass is 10.1. The standard InChI is InChI=1S/2C15H22N2O5.C6H6O2/c2*1-3-4-5-6-7-10(2)22-14-9-12(16)11(15(18)19)8-13(14)17(20)21;7-5-1-2-6(8)4-3-5/h2*8-10H,3-7,16H2,1-2H3,(H,18,19);1-4,7-8H/t2*10-;/m11./s1. The molecule has 0 heterocycles. The molecule has 3 rings (SSSR count). The molecule has 0 unspecified atom stereocenters. The molecule has 0 spiro atoms. The number of rotatable bonds is 18. The summed E-state index contributed by atoms with van der Waals surface area (Å²) in [5.74, 6) is -2.25. The molecule has 0 aliphatic carbocycles. The molecule has 0 aliphatic heterocycles. The van der Waals surface area contributed by atoms with Crippen molar-refractivity contribution >= 4 is 34.7 Å². The van der Waals surface area contributed by atoms with Gasteiger partial charge in [0, 0.05) is 24.3 Å². The molecule has 0 saturated carbocycles. The smallest absolute Gasteiger partial charge is 0.338 e. The average molecular weight is 731 g/mol. The fourth-order valence-corrected chi connectivity index (χ4v) is 4.73. The minimum Gasteiger partial charge on any atom is -0.508 e. The summed E-state index contributed by atoms with van der Waals surface area (Å²) >= 11 is 0. The summed E-state index contributed by atoms with van der Waals surface area (Å²) in [6.07, 6.45) is 9.84. The Bertz CT molecular complexity index is 1500. The number of aromatic hydroxyl groups is 2. The Morgan fingerprint density at radius 3 is 1.25 bits per heavy atom. The number of hydrogen-bond acceptors (Lipinski definition) is 12. The average Bonchev–Trinajstić information content (AvgIpc) is 3.06. The first kappa shape index (κ1) is 44.2. The van der Waals surface area contributed by atoms with Crippen LogP contribution < -0.4 is 20.9 Å². The van der Waals surface area contributed by atoms with Gasteiger partial charge in [0.1, 0.15) is 11.5 Å². The van der Waals surface area contributed by atoms with Gasteiger partial charge in [0.15, 0.2) is 11.5 Å². The molecule has 0 amide bonds. The fourth-order valence-electron chi connectivity index (χ4n) is 4.73. The topological polar surface area (TPSA) is 272 Å². The zero-order valence-electron chi connectivity index (χ0n) is 29.9. The van der Waals surface area contributed by atoms with Crippen molar-refractivity contribution in [3.05, 3.63) is 79.9 Å². The highest BCUT2D eigenvalue weighted by Crippen LogP contribution is 2.34. The molecule has 0 bridgehead atoms. The maximum atomic E-state index is 11.1. The highest BCUT2D eigenvalue weighted by Gasteiger charge is 2.24. The summed E-state index contributed by atoms with van der Waals surface area (Å²) in [6.45, 7) is 7.90. The van der Waals surface area contributed by atoms with Crippen molar-refractivity contribution in [2.75, 3.05) is 11.5 Å². The molecule has 2 atom stereocenters. The van der Waals surface area contributed by atoms with Gasteiger partial charge in [-0.1, -0.05) is 52.4 Å². The quantitative estimate of drug-likeness (QED) is 0.0236. The Hall–Kier alpha value is -5.80. The van der Waals surface area contributed by atoms with Crippen LogP contribution in [0.5, 0.6) is 23.0 Å². The van der Waals surface area contributed by atoms with Crippen molar-refractivity contribution in [3.8, 4) is 23.0 Å². The van der Waals surface area contributed by atoms with E-state index >= 15 is 0 Å². The largest absolute Gasteiger partial charge is 0.508 e. The highest BCUT2D eigenvalue weighted by atomic mass is 16.6. The second-order valence-corrected chi connectivity index (χ2v) is 12.0. The van der Waals surface area contributed by atoms with Gasteiger partial charge in [0.2, 0.25) is 0 Å². The Labute approximate surface area is 302 Å². The van der Waals surface area contributed by atoms with Gasteiger partial charge in [0.25, 0.3) is 0 Å². The minimum absolute atomic E-state index is 0.00971. The number of carbonyl (C=O) groups is 2. The number of nitrogen functional groups attached to an aromatic ring is 2. The number of nitrogens with zero attached hydrogens (tertiary/aromatic N) is 2. The third-order valence-electron chi connectivity index (χ3n) is 7.55. The maximum Gasteiger partial charge on any atom is 0.338 e. The van der Waals surface area contributed by atoms with Crippen LogP contribution in [0.1, 0.15) is 113 Å². The van der Waals surface area contributed by atoms with Gasteiger partial charge >= 0.3 is 23.3 Å². The number of carboxylic acids is 2. The number of hydrogen-bond donors (Lipinski definition) is 6. The van der Waals surface area contributed by atoms with E-state index in [1.54, 1.807) is 0 Å². The number of ether oxygens (including phenoxy) is 2. The van der Waals surface area contributed by atoms with Crippen LogP contribution >= 0.6 is 0 Å². The molecule has 0 fully saturated rings. The number of phenols is 2. The first-order chi connectivity index (χ1) is 24.5. The fraction of sp³-hybridized carbons (Fsp3) is 0.444. The molecule has 286 valence electrons. The van der Waals surface area contributed by atoms with Gasteiger partial charge < -0.3 is 41.4 Å². The number of nitro benzene ring substituents is 2. The summed E-state index contributed by atoms with van der Waals surface area (Å²) in [4.78, 5) is 42.8. The number of aromatic carboxylic acids is 2. The van der Waals surface area contributed by atoms with E-state index in [0.717, 1.165) is 76.3 Å². The number of benzene rings is 3. The zero-order valence-corrected chi connectivity index (χ0v) is 29.9. The molecule has 16 nitrogen and oxygen atoms in total. The Kier molecular flexibility index (Phi) is 19.4. The van der Waals surface area contributed by atoms with E-state index in [-0.39, 0.29) is 69.1 Å². The third-order valence-corrected chi connectivity index (χ3v) is 7.55. The Morgan fingerprint density at radius 1 is 0.654 bits per heavy atom. The van der Waals surface area contributed by atoms with Crippen molar-refractivity contribution < 1.29 is 49.3 Å². The highest BCUT2D eigenvalue weighted by molar-refractivity contribution is 5.95. The van der Waals surface area contributed by atoms with Crippen LogP contribution in [0.4, 0.5) is 22.7 Å². The van der Waals surface area contributed by atoms with E-state index in [9.17, 15) is 29.8 Å². The lowest BCUT2D eigenvalue weighted by Crippen LogP contribution is -2.14.